The Balaban J connectivity index is 1.67. The Morgan fingerprint density at radius 2 is 2.00 bits per heavy atom. The zero-order chi connectivity index (χ0) is 10.5. The summed E-state index contributed by atoms with van der Waals surface area (Å²) in [5, 5.41) is 6.82. The van der Waals surface area contributed by atoms with Gasteiger partial charge in [0.15, 0.2) is 0 Å². The molecule has 15 heavy (non-hydrogen) atoms. The Morgan fingerprint density at radius 1 is 1.20 bits per heavy atom. The van der Waals surface area contributed by atoms with Crippen molar-refractivity contribution in [2.75, 3.05) is 26.2 Å². The minimum atomic E-state index is 0.753. The second-order valence-electron chi connectivity index (χ2n) is 4.16. The van der Waals surface area contributed by atoms with Gasteiger partial charge in [0, 0.05) is 25.6 Å². The number of hydrogen-bond acceptors (Lipinski definition) is 2. The summed E-state index contributed by atoms with van der Waals surface area (Å²) in [7, 11) is 0. The molecule has 82 valence electrons. The maximum atomic E-state index is 3.50. The molecule has 2 N–H and O–H groups in total. The van der Waals surface area contributed by atoms with Crippen LogP contribution in [0.25, 0.3) is 0 Å². The van der Waals surface area contributed by atoms with Gasteiger partial charge < -0.3 is 10.6 Å². The van der Waals surface area contributed by atoms with Gasteiger partial charge in [0.1, 0.15) is 0 Å². The molecule has 0 aliphatic heterocycles. The largest absolute Gasteiger partial charge is 0.316 e. The molecule has 0 bridgehead atoms. The molecule has 0 radical (unpaired) electrons. The summed E-state index contributed by atoms with van der Waals surface area (Å²) in [5.74, 6) is 0.753. The van der Waals surface area contributed by atoms with Gasteiger partial charge in [0.2, 0.25) is 0 Å². The van der Waals surface area contributed by atoms with Gasteiger partial charge in [-0.05, 0) is 24.1 Å². The van der Waals surface area contributed by atoms with Gasteiger partial charge in [-0.15, -0.1) is 0 Å². The molecule has 0 heterocycles. The van der Waals surface area contributed by atoms with Crippen molar-refractivity contribution < 1.29 is 0 Å². The second-order valence-corrected chi connectivity index (χ2v) is 4.16. The van der Waals surface area contributed by atoms with Crippen molar-refractivity contribution in [2.24, 2.45) is 0 Å². The molecule has 0 saturated carbocycles. The van der Waals surface area contributed by atoms with E-state index >= 15 is 0 Å². The highest BCUT2D eigenvalue weighted by atomic mass is 14.9. The molecule has 0 amide bonds. The van der Waals surface area contributed by atoms with Gasteiger partial charge in [-0.1, -0.05) is 31.2 Å². The first-order valence-electron chi connectivity index (χ1n) is 5.91. The maximum Gasteiger partial charge on any atom is 0.00769 e. The molecule has 1 aliphatic carbocycles. The summed E-state index contributed by atoms with van der Waals surface area (Å²) >= 11 is 0. The lowest BCUT2D eigenvalue weighted by molar-refractivity contribution is 0.527. The Bertz CT molecular complexity index is 309. The normalized spacial score (nSPS) is 18.3. The Kier molecular flexibility index (Phi) is 3.75. The molecule has 0 saturated heterocycles. The number of fused-ring (bicyclic) bond motifs is 1. The summed E-state index contributed by atoms with van der Waals surface area (Å²) in [4.78, 5) is 0. The number of nitrogens with one attached hydrogen (secondary N) is 2. The molecule has 1 aliphatic rings. The van der Waals surface area contributed by atoms with E-state index in [1.807, 2.05) is 0 Å². The van der Waals surface area contributed by atoms with Crippen LogP contribution >= 0.6 is 0 Å². The van der Waals surface area contributed by atoms with E-state index in [0.717, 1.165) is 32.1 Å². The van der Waals surface area contributed by atoms with Crippen molar-refractivity contribution in [2.45, 2.75) is 19.3 Å². The molecule has 1 aromatic rings. The first-order valence-corrected chi connectivity index (χ1v) is 5.91. The van der Waals surface area contributed by atoms with Crippen LogP contribution in [0.2, 0.25) is 0 Å². The average Bonchev–Trinajstić information content (AvgIpc) is 2.24. The third kappa shape index (κ3) is 2.58. The van der Waals surface area contributed by atoms with E-state index in [0.29, 0.717) is 0 Å². The van der Waals surface area contributed by atoms with Crippen molar-refractivity contribution in [3.8, 4) is 0 Å². The van der Waals surface area contributed by atoms with Crippen LogP contribution in [-0.4, -0.2) is 26.2 Å². The average molecular weight is 204 g/mol. The van der Waals surface area contributed by atoms with E-state index in [1.54, 1.807) is 5.56 Å². The third-order valence-corrected chi connectivity index (χ3v) is 3.08. The summed E-state index contributed by atoms with van der Waals surface area (Å²) in [5.41, 5.74) is 3.09. The molecular weight excluding hydrogens is 184 g/mol. The molecule has 0 fully saturated rings. The van der Waals surface area contributed by atoms with Gasteiger partial charge in [-0.3, -0.25) is 0 Å². The van der Waals surface area contributed by atoms with E-state index in [9.17, 15) is 0 Å². The van der Waals surface area contributed by atoms with E-state index in [2.05, 4.69) is 41.8 Å². The minimum absolute atomic E-state index is 0.753. The number of likely N-dealkylation sites (N-methyl/N-ethyl adjacent to an activating group) is 1. The first-order chi connectivity index (χ1) is 7.42. The smallest absolute Gasteiger partial charge is 0.00769 e. The van der Waals surface area contributed by atoms with E-state index in [4.69, 9.17) is 0 Å². The van der Waals surface area contributed by atoms with Gasteiger partial charge in [0.25, 0.3) is 0 Å². The van der Waals surface area contributed by atoms with Crippen LogP contribution < -0.4 is 10.6 Å². The first kappa shape index (κ1) is 10.7. The fraction of sp³-hybridized carbons (Fsp3) is 0.538. The second kappa shape index (κ2) is 5.29. The van der Waals surface area contributed by atoms with Crippen LogP contribution in [0.5, 0.6) is 0 Å². The molecule has 1 unspecified atom stereocenters. The molecule has 0 aromatic heterocycles. The predicted molar refractivity (Wildman–Crippen MR) is 64.3 cm³/mol. The number of rotatable bonds is 6. The Morgan fingerprint density at radius 3 is 2.80 bits per heavy atom. The van der Waals surface area contributed by atoms with Crippen LogP contribution in [0, 0.1) is 0 Å². The molecule has 2 rings (SSSR count). The van der Waals surface area contributed by atoms with E-state index in [-0.39, 0.29) is 0 Å². The monoisotopic (exact) mass is 204 g/mol. The third-order valence-electron chi connectivity index (χ3n) is 3.08. The molecule has 1 atom stereocenters. The van der Waals surface area contributed by atoms with Crippen LogP contribution in [0.3, 0.4) is 0 Å². The lowest BCUT2D eigenvalue weighted by Gasteiger charge is -2.30. The summed E-state index contributed by atoms with van der Waals surface area (Å²) in [6, 6.07) is 8.78. The lowest BCUT2D eigenvalue weighted by Crippen LogP contribution is -2.33. The van der Waals surface area contributed by atoms with Crippen LogP contribution in [0.15, 0.2) is 24.3 Å². The van der Waals surface area contributed by atoms with Crippen LogP contribution in [0.1, 0.15) is 24.0 Å². The minimum Gasteiger partial charge on any atom is -0.316 e. The van der Waals surface area contributed by atoms with Crippen molar-refractivity contribution in [3.63, 3.8) is 0 Å². The fourth-order valence-electron chi connectivity index (χ4n) is 2.17. The maximum absolute atomic E-state index is 3.50. The Labute approximate surface area is 92.1 Å². The fourth-order valence-corrected chi connectivity index (χ4v) is 2.17. The highest BCUT2D eigenvalue weighted by Crippen LogP contribution is 2.33. The summed E-state index contributed by atoms with van der Waals surface area (Å²) in [6.07, 6.45) is 1.25. The standard InChI is InChI=1S/C13H20N2/c1-2-14-7-8-15-10-12-9-11-5-3-4-6-13(11)12/h3-6,12,14-15H,2,7-10H2,1H3. The summed E-state index contributed by atoms with van der Waals surface area (Å²) < 4.78 is 0. The highest BCUT2D eigenvalue weighted by Gasteiger charge is 2.24. The van der Waals surface area contributed by atoms with Crippen molar-refractivity contribution in [1.82, 2.24) is 10.6 Å². The molecule has 2 heteroatoms. The quantitative estimate of drug-likeness (QED) is 0.687. The van der Waals surface area contributed by atoms with Gasteiger partial charge >= 0.3 is 0 Å². The SMILES string of the molecule is CCNCCNCC1Cc2ccccc21. The van der Waals surface area contributed by atoms with Gasteiger partial charge in [0.05, 0.1) is 0 Å². The van der Waals surface area contributed by atoms with Crippen LogP contribution in [-0.2, 0) is 6.42 Å². The van der Waals surface area contributed by atoms with Crippen molar-refractivity contribution in [1.29, 1.82) is 0 Å². The predicted octanol–water partition coefficient (Wildman–Crippen LogP) is 1.53. The molecular formula is C13H20N2. The lowest BCUT2D eigenvalue weighted by atomic mass is 9.78. The van der Waals surface area contributed by atoms with Crippen molar-refractivity contribution in [3.05, 3.63) is 35.4 Å². The summed E-state index contributed by atoms with van der Waals surface area (Å²) in [6.45, 7) is 6.48. The van der Waals surface area contributed by atoms with E-state index in [1.165, 1.54) is 12.0 Å². The number of hydrogen-bond donors (Lipinski definition) is 2. The van der Waals surface area contributed by atoms with Crippen molar-refractivity contribution >= 4 is 0 Å². The number of benzene rings is 1. The van der Waals surface area contributed by atoms with E-state index < -0.39 is 0 Å². The van der Waals surface area contributed by atoms with Gasteiger partial charge in [-0.25, -0.2) is 0 Å². The molecule has 0 spiro atoms. The topological polar surface area (TPSA) is 24.1 Å². The highest BCUT2D eigenvalue weighted by molar-refractivity contribution is 5.40. The van der Waals surface area contributed by atoms with Gasteiger partial charge in [-0.2, -0.15) is 0 Å². The zero-order valence-electron chi connectivity index (χ0n) is 9.42. The molecule has 2 nitrogen and oxygen atoms in total. The Hall–Kier alpha value is -0.860. The molecule has 1 aromatic carbocycles. The zero-order valence-corrected chi connectivity index (χ0v) is 9.42. The van der Waals surface area contributed by atoms with Crippen LogP contribution in [0.4, 0.5) is 0 Å².